The predicted octanol–water partition coefficient (Wildman–Crippen LogP) is 4.18. The summed E-state index contributed by atoms with van der Waals surface area (Å²) in [5.41, 5.74) is 1.05. The van der Waals surface area contributed by atoms with Crippen LogP contribution in [0.3, 0.4) is 0 Å². The zero-order chi connectivity index (χ0) is 11.5. The molecule has 0 saturated carbocycles. The molecule has 2 rings (SSSR count). The molecule has 0 radical (unpaired) electrons. The van der Waals surface area contributed by atoms with Crippen LogP contribution in [0.4, 0.5) is 0 Å². The van der Waals surface area contributed by atoms with Crippen molar-refractivity contribution in [3.63, 3.8) is 0 Å². The summed E-state index contributed by atoms with van der Waals surface area (Å²) < 4.78 is 5.43. The van der Waals surface area contributed by atoms with Gasteiger partial charge in [-0.3, -0.25) is 0 Å². The van der Waals surface area contributed by atoms with Gasteiger partial charge in [0.05, 0.1) is 16.7 Å². The highest BCUT2D eigenvalue weighted by molar-refractivity contribution is 6.42. The van der Waals surface area contributed by atoms with Crippen LogP contribution in [0, 0.1) is 5.92 Å². The third-order valence-corrected chi connectivity index (χ3v) is 4.33. The van der Waals surface area contributed by atoms with Crippen LogP contribution in [0.15, 0.2) is 18.2 Å². The molecule has 0 bridgehead atoms. The average Bonchev–Trinajstić information content (AvgIpc) is 2.28. The fourth-order valence-electron chi connectivity index (χ4n) is 1.95. The number of hydrogen-bond acceptors (Lipinski definition) is 1. The molecule has 16 heavy (non-hydrogen) atoms. The van der Waals surface area contributed by atoms with Gasteiger partial charge < -0.3 is 4.74 Å². The first-order valence-corrected chi connectivity index (χ1v) is 6.52. The maximum absolute atomic E-state index is 6.27. The van der Waals surface area contributed by atoms with Crippen LogP contribution in [0.25, 0.3) is 0 Å². The van der Waals surface area contributed by atoms with E-state index in [1.54, 1.807) is 6.07 Å². The van der Waals surface area contributed by atoms with Crippen molar-refractivity contribution in [1.82, 2.24) is 0 Å². The quantitative estimate of drug-likeness (QED) is 0.738. The van der Waals surface area contributed by atoms with Gasteiger partial charge in [0, 0.05) is 17.9 Å². The van der Waals surface area contributed by atoms with Crippen molar-refractivity contribution in [3.8, 4) is 0 Å². The Morgan fingerprint density at radius 2 is 2.12 bits per heavy atom. The largest absolute Gasteiger partial charge is 0.381 e. The first-order valence-electron chi connectivity index (χ1n) is 5.33. The van der Waals surface area contributed by atoms with Crippen molar-refractivity contribution in [2.75, 3.05) is 13.2 Å². The minimum atomic E-state index is 0.170. The molecule has 1 nitrogen and oxygen atoms in total. The molecule has 88 valence electrons. The highest BCUT2D eigenvalue weighted by atomic mass is 35.5. The minimum Gasteiger partial charge on any atom is -0.381 e. The molecule has 0 spiro atoms. The molecule has 1 aromatic rings. The summed E-state index contributed by atoms with van der Waals surface area (Å²) in [4.78, 5) is 0. The zero-order valence-corrected chi connectivity index (χ0v) is 11.0. The Balaban J connectivity index is 2.10. The fourth-order valence-corrected chi connectivity index (χ4v) is 2.59. The lowest BCUT2D eigenvalue weighted by Gasteiger charge is -2.27. The molecule has 4 heteroatoms. The van der Waals surface area contributed by atoms with Gasteiger partial charge in [-0.2, -0.15) is 0 Å². The third kappa shape index (κ3) is 2.84. The van der Waals surface area contributed by atoms with E-state index in [4.69, 9.17) is 39.5 Å². The number of rotatable bonds is 2. The van der Waals surface area contributed by atoms with Crippen molar-refractivity contribution in [3.05, 3.63) is 33.8 Å². The SMILES string of the molecule is Clc1cccc(CC2COCCC2Cl)c1Cl. The molecule has 1 fully saturated rings. The van der Waals surface area contributed by atoms with Crippen molar-refractivity contribution in [1.29, 1.82) is 0 Å². The summed E-state index contributed by atoms with van der Waals surface area (Å²) in [5.74, 6) is 0.325. The Hall–Kier alpha value is 0.0500. The van der Waals surface area contributed by atoms with E-state index in [1.807, 2.05) is 12.1 Å². The monoisotopic (exact) mass is 278 g/mol. The smallest absolute Gasteiger partial charge is 0.0624 e. The van der Waals surface area contributed by atoms with E-state index in [-0.39, 0.29) is 5.38 Å². The van der Waals surface area contributed by atoms with E-state index >= 15 is 0 Å². The number of alkyl halides is 1. The first kappa shape index (κ1) is 12.5. The second-order valence-electron chi connectivity index (χ2n) is 4.06. The lowest BCUT2D eigenvalue weighted by atomic mass is 9.94. The Morgan fingerprint density at radius 3 is 2.88 bits per heavy atom. The maximum Gasteiger partial charge on any atom is 0.0624 e. The Kier molecular flexibility index (Phi) is 4.37. The summed E-state index contributed by atoms with van der Waals surface area (Å²) in [6, 6.07) is 5.70. The zero-order valence-electron chi connectivity index (χ0n) is 8.76. The van der Waals surface area contributed by atoms with Gasteiger partial charge in [0.2, 0.25) is 0 Å². The molecule has 1 heterocycles. The van der Waals surface area contributed by atoms with Crippen molar-refractivity contribution in [2.24, 2.45) is 5.92 Å². The van der Waals surface area contributed by atoms with E-state index in [1.165, 1.54) is 0 Å². The van der Waals surface area contributed by atoms with E-state index in [0.29, 0.717) is 22.6 Å². The predicted molar refractivity (Wildman–Crippen MR) is 68.7 cm³/mol. The molecule has 1 aliphatic rings. The molecule has 0 amide bonds. The summed E-state index contributed by atoms with van der Waals surface area (Å²) in [5, 5.41) is 1.41. The summed E-state index contributed by atoms with van der Waals surface area (Å²) in [6.45, 7) is 1.46. The molecule has 0 aromatic heterocycles. The maximum atomic E-state index is 6.27. The van der Waals surface area contributed by atoms with E-state index in [9.17, 15) is 0 Å². The Bertz CT molecular complexity index is 367. The van der Waals surface area contributed by atoms with Gasteiger partial charge in [0.25, 0.3) is 0 Å². The van der Waals surface area contributed by atoms with Crippen molar-refractivity contribution in [2.45, 2.75) is 18.2 Å². The third-order valence-electron chi connectivity index (χ3n) is 2.90. The van der Waals surface area contributed by atoms with Crippen LogP contribution in [-0.4, -0.2) is 18.6 Å². The molecule has 1 aliphatic heterocycles. The van der Waals surface area contributed by atoms with Gasteiger partial charge >= 0.3 is 0 Å². The topological polar surface area (TPSA) is 9.23 Å². The number of benzene rings is 1. The Labute approximate surface area is 111 Å². The normalized spacial score (nSPS) is 25.7. The van der Waals surface area contributed by atoms with Crippen LogP contribution in [0.2, 0.25) is 10.0 Å². The molecule has 0 N–H and O–H groups in total. The summed E-state index contributed by atoms with van der Waals surface area (Å²) in [7, 11) is 0. The number of halogens is 3. The van der Waals surface area contributed by atoms with Crippen LogP contribution < -0.4 is 0 Å². The molecule has 1 saturated heterocycles. The second-order valence-corrected chi connectivity index (χ2v) is 5.40. The van der Waals surface area contributed by atoms with Gasteiger partial charge in [0.1, 0.15) is 0 Å². The second kappa shape index (κ2) is 5.59. The van der Waals surface area contributed by atoms with Crippen LogP contribution >= 0.6 is 34.8 Å². The number of ether oxygens (including phenoxy) is 1. The Morgan fingerprint density at radius 1 is 1.31 bits per heavy atom. The summed E-state index contributed by atoms with van der Waals surface area (Å²) in [6.07, 6.45) is 1.73. The standard InChI is InChI=1S/C12H13Cl3O/c13-10-4-5-16-7-9(10)6-8-2-1-3-11(14)12(8)15/h1-3,9-10H,4-7H2. The lowest BCUT2D eigenvalue weighted by Crippen LogP contribution is -2.29. The van der Waals surface area contributed by atoms with Gasteiger partial charge in [-0.15, -0.1) is 11.6 Å². The van der Waals surface area contributed by atoms with E-state index in [0.717, 1.165) is 25.0 Å². The first-order chi connectivity index (χ1) is 7.68. The van der Waals surface area contributed by atoms with E-state index < -0.39 is 0 Å². The molecular weight excluding hydrogens is 266 g/mol. The highest BCUT2D eigenvalue weighted by Gasteiger charge is 2.24. The molecule has 0 aliphatic carbocycles. The fraction of sp³-hybridized carbons (Fsp3) is 0.500. The number of hydrogen-bond donors (Lipinski definition) is 0. The van der Waals surface area contributed by atoms with Gasteiger partial charge in [0.15, 0.2) is 0 Å². The van der Waals surface area contributed by atoms with Crippen molar-refractivity contribution < 1.29 is 4.74 Å². The molecule has 2 unspecified atom stereocenters. The van der Waals surface area contributed by atoms with Gasteiger partial charge in [-0.1, -0.05) is 35.3 Å². The molecule has 2 atom stereocenters. The van der Waals surface area contributed by atoms with E-state index in [2.05, 4.69) is 0 Å². The van der Waals surface area contributed by atoms with Gasteiger partial charge in [-0.25, -0.2) is 0 Å². The molecular formula is C12H13Cl3O. The van der Waals surface area contributed by atoms with Crippen LogP contribution in [0.1, 0.15) is 12.0 Å². The summed E-state index contributed by atoms with van der Waals surface area (Å²) >= 11 is 18.4. The van der Waals surface area contributed by atoms with Gasteiger partial charge in [-0.05, 0) is 24.5 Å². The highest BCUT2D eigenvalue weighted by Crippen LogP contribution is 2.30. The molecule has 1 aromatic carbocycles. The van der Waals surface area contributed by atoms with Crippen LogP contribution in [0.5, 0.6) is 0 Å². The lowest BCUT2D eigenvalue weighted by molar-refractivity contribution is 0.0578. The van der Waals surface area contributed by atoms with Crippen LogP contribution in [-0.2, 0) is 11.2 Å². The minimum absolute atomic E-state index is 0.170. The van der Waals surface area contributed by atoms with Crippen molar-refractivity contribution >= 4 is 34.8 Å². The average molecular weight is 280 g/mol.